The second-order valence-corrected chi connectivity index (χ2v) is 5.45. The van der Waals surface area contributed by atoms with Crippen molar-refractivity contribution >= 4 is 0 Å². The van der Waals surface area contributed by atoms with Gasteiger partial charge in [-0.2, -0.15) is 0 Å². The largest absolute Gasteiger partial charge is 0.353 e. The van der Waals surface area contributed by atoms with Gasteiger partial charge in [-0.05, 0) is 44.4 Å². The SMILES string of the molecule is CN1C2CCC(C2)C1C(N)c1cccn1C. The van der Waals surface area contributed by atoms with Gasteiger partial charge in [0.2, 0.25) is 0 Å². The van der Waals surface area contributed by atoms with Crippen LogP contribution in [0.15, 0.2) is 18.3 Å². The lowest BCUT2D eigenvalue weighted by atomic mass is 9.91. The number of aromatic nitrogens is 1. The van der Waals surface area contributed by atoms with E-state index in [0.717, 1.165) is 12.0 Å². The van der Waals surface area contributed by atoms with Gasteiger partial charge in [0.1, 0.15) is 0 Å². The minimum Gasteiger partial charge on any atom is -0.353 e. The Hall–Kier alpha value is -0.800. The monoisotopic (exact) mass is 219 g/mol. The average Bonchev–Trinajstić information content (AvgIpc) is 2.92. The Morgan fingerprint density at radius 1 is 1.38 bits per heavy atom. The molecule has 88 valence electrons. The second-order valence-electron chi connectivity index (χ2n) is 5.45. The zero-order valence-electron chi connectivity index (χ0n) is 10.1. The Labute approximate surface area is 97.2 Å². The van der Waals surface area contributed by atoms with Crippen molar-refractivity contribution in [2.75, 3.05) is 7.05 Å². The lowest BCUT2D eigenvalue weighted by Crippen LogP contribution is -2.45. The van der Waals surface area contributed by atoms with Gasteiger partial charge >= 0.3 is 0 Å². The van der Waals surface area contributed by atoms with Crippen LogP contribution in [0.3, 0.4) is 0 Å². The van der Waals surface area contributed by atoms with E-state index in [1.54, 1.807) is 0 Å². The fourth-order valence-electron chi connectivity index (χ4n) is 3.79. The molecule has 1 aromatic heterocycles. The van der Waals surface area contributed by atoms with Crippen LogP contribution in [-0.4, -0.2) is 28.6 Å². The highest BCUT2D eigenvalue weighted by molar-refractivity contribution is 5.16. The van der Waals surface area contributed by atoms with Gasteiger partial charge in [0.25, 0.3) is 0 Å². The molecular formula is C13H21N3. The fourth-order valence-corrected chi connectivity index (χ4v) is 3.79. The first-order valence-corrected chi connectivity index (χ1v) is 6.27. The molecule has 2 aliphatic rings. The summed E-state index contributed by atoms with van der Waals surface area (Å²) in [5.41, 5.74) is 7.73. The highest BCUT2D eigenvalue weighted by atomic mass is 15.2. The van der Waals surface area contributed by atoms with Crippen LogP contribution in [0.1, 0.15) is 31.0 Å². The molecule has 2 N–H and O–H groups in total. The van der Waals surface area contributed by atoms with E-state index in [-0.39, 0.29) is 6.04 Å². The quantitative estimate of drug-likeness (QED) is 0.818. The van der Waals surface area contributed by atoms with Crippen LogP contribution in [0.5, 0.6) is 0 Å². The van der Waals surface area contributed by atoms with Crippen LogP contribution >= 0.6 is 0 Å². The molecule has 16 heavy (non-hydrogen) atoms. The third kappa shape index (κ3) is 1.35. The highest BCUT2D eigenvalue weighted by Gasteiger charge is 2.46. The molecule has 0 amide bonds. The molecule has 3 heteroatoms. The first kappa shape index (κ1) is 10.4. The van der Waals surface area contributed by atoms with E-state index in [0.29, 0.717) is 6.04 Å². The van der Waals surface area contributed by atoms with Crippen molar-refractivity contribution in [1.82, 2.24) is 9.47 Å². The van der Waals surface area contributed by atoms with Crippen molar-refractivity contribution in [2.45, 2.75) is 37.4 Å². The van der Waals surface area contributed by atoms with Crippen molar-refractivity contribution in [3.8, 4) is 0 Å². The first-order valence-electron chi connectivity index (χ1n) is 6.27. The summed E-state index contributed by atoms with van der Waals surface area (Å²) in [6.07, 6.45) is 6.19. The number of nitrogens with zero attached hydrogens (tertiary/aromatic N) is 2. The Morgan fingerprint density at radius 2 is 2.19 bits per heavy atom. The number of hydrogen-bond acceptors (Lipinski definition) is 2. The van der Waals surface area contributed by atoms with Gasteiger partial charge in [0.05, 0.1) is 6.04 Å². The van der Waals surface area contributed by atoms with Crippen LogP contribution in [-0.2, 0) is 7.05 Å². The number of fused-ring (bicyclic) bond motifs is 2. The van der Waals surface area contributed by atoms with E-state index in [1.807, 2.05) is 0 Å². The Kier molecular flexibility index (Phi) is 2.33. The van der Waals surface area contributed by atoms with Crippen LogP contribution in [0.25, 0.3) is 0 Å². The topological polar surface area (TPSA) is 34.2 Å². The summed E-state index contributed by atoms with van der Waals surface area (Å²) in [6, 6.07) is 5.75. The summed E-state index contributed by atoms with van der Waals surface area (Å²) in [6.45, 7) is 0. The molecule has 3 nitrogen and oxygen atoms in total. The predicted octanol–water partition coefficient (Wildman–Crippen LogP) is 1.51. The van der Waals surface area contributed by atoms with Crippen molar-refractivity contribution in [3.63, 3.8) is 0 Å². The van der Waals surface area contributed by atoms with E-state index in [4.69, 9.17) is 5.73 Å². The van der Waals surface area contributed by atoms with Crippen LogP contribution in [0.4, 0.5) is 0 Å². The molecule has 1 saturated carbocycles. The molecule has 1 aromatic rings. The van der Waals surface area contributed by atoms with E-state index in [9.17, 15) is 0 Å². The predicted molar refractivity (Wildman–Crippen MR) is 65.0 cm³/mol. The van der Waals surface area contributed by atoms with Crippen molar-refractivity contribution in [2.24, 2.45) is 18.7 Å². The van der Waals surface area contributed by atoms with Gasteiger partial charge in [-0.3, -0.25) is 4.90 Å². The van der Waals surface area contributed by atoms with Crippen molar-refractivity contribution in [3.05, 3.63) is 24.0 Å². The third-order valence-corrected chi connectivity index (χ3v) is 4.67. The van der Waals surface area contributed by atoms with Gasteiger partial charge < -0.3 is 10.3 Å². The zero-order chi connectivity index (χ0) is 11.3. The molecule has 4 atom stereocenters. The first-order chi connectivity index (χ1) is 7.68. The van der Waals surface area contributed by atoms with Crippen LogP contribution in [0.2, 0.25) is 0 Å². The molecular weight excluding hydrogens is 198 g/mol. The number of piperidine rings is 1. The Morgan fingerprint density at radius 3 is 2.75 bits per heavy atom. The average molecular weight is 219 g/mol. The highest BCUT2D eigenvalue weighted by Crippen LogP contribution is 2.44. The molecule has 3 rings (SSSR count). The zero-order valence-corrected chi connectivity index (χ0v) is 10.1. The van der Waals surface area contributed by atoms with Gasteiger partial charge in [-0.25, -0.2) is 0 Å². The van der Waals surface area contributed by atoms with Crippen LogP contribution < -0.4 is 5.73 Å². The normalized spacial score (nSPS) is 35.8. The number of hydrogen-bond donors (Lipinski definition) is 1. The number of rotatable bonds is 2. The maximum Gasteiger partial charge on any atom is 0.0610 e. The van der Waals surface area contributed by atoms with Gasteiger partial charge in [-0.1, -0.05) is 0 Å². The minimum absolute atomic E-state index is 0.167. The maximum atomic E-state index is 6.46. The molecule has 1 aliphatic heterocycles. The van der Waals surface area contributed by atoms with Crippen molar-refractivity contribution < 1.29 is 0 Å². The molecule has 0 aromatic carbocycles. The molecule has 0 radical (unpaired) electrons. The summed E-state index contributed by atoms with van der Waals surface area (Å²) in [5, 5.41) is 0. The Balaban J connectivity index is 1.86. The number of likely N-dealkylation sites (tertiary alicyclic amines) is 1. The summed E-state index contributed by atoms with van der Waals surface area (Å²) >= 11 is 0. The maximum absolute atomic E-state index is 6.46. The van der Waals surface area contributed by atoms with Gasteiger partial charge in [0, 0.05) is 31.0 Å². The lowest BCUT2D eigenvalue weighted by Gasteiger charge is -2.36. The van der Waals surface area contributed by atoms with E-state index in [2.05, 4.69) is 41.9 Å². The van der Waals surface area contributed by atoms with E-state index in [1.165, 1.54) is 25.0 Å². The smallest absolute Gasteiger partial charge is 0.0610 e. The molecule has 2 heterocycles. The van der Waals surface area contributed by atoms with Crippen molar-refractivity contribution in [1.29, 1.82) is 0 Å². The third-order valence-electron chi connectivity index (χ3n) is 4.67. The summed E-state index contributed by atoms with van der Waals surface area (Å²) in [7, 11) is 4.33. The standard InChI is InChI=1S/C13H21N3/c1-15-7-3-4-11(15)12(14)13-9-5-6-10(8-9)16(13)2/h3-4,7,9-10,12-13H,5-6,8,14H2,1-2H3. The molecule has 1 saturated heterocycles. The van der Waals surface area contributed by atoms with E-state index < -0.39 is 0 Å². The number of nitrogens with two attached hydrogens (primary N) is 1. The van der Waals surface area contributed by atoms with Gasteiger partial charge in [-0.15, -0.1) is 0 Å². The molecule has 1 aliphatic carbocycles. The summed E-state index contributed by atoms with van der Waals surface area (Å²) in [5.74, 6) is 0.819. The molecule has 2 fully saturated rings. The lowest BCUT2D eigenvalue weighted by molar-refractivity contribution is 0.149. The number of aryl methyl sites for hydroxylation is 1. The van der Waals surface area contributed by atoms with Gasteiger partial charge in [0.15, 0.2) is 0 Å². The summed E-state index contributed by atoms with van der Waals surface area (Å²) in [4.78, 5) is 2.52. The van der Waals surface area contributed by atoms with E-state index >= 15 is 0 Å². The molecule has 2 bridgehead atoms. The second kappa shape index (κ2) is 3.60. The summed E-state index contributed by atoms with van der Waals surface area (Å²) < 4.78 is 2.16. The molecule has 0 spiro atoms. The Bertz CT molecular complexity index is 382. The molecule has 4 unspecified atom stereocenters. The van der Waals surface area contributed by atoms with Crippen LogP contribution in [0, 0.1) is 5.92 Å². The number of likely N-dealkylation sites (N-methyl/N-ethyl adjacent to an activating group) is 1. The minimum atomic E-state index is 0.167. The fraction of sp³-hybridized carbons (Fsp3) is 0.692.